The van der Waals surface area contributed by atoms with Crippen LogP contribution in [0, 0.1) is 0 Å². The maximum absolute atomic E-state index is 12.6. The summed E-state index contributed by atoms with van der Waals surface area (Å²) in [6.45, 7) is 0.447. The second-order valence-electron chi connectivity index (χ2n) is 6.96. The highest BCUT2D eigenvalue weighted by Gasteiger charge is 2.38. The second-order valence-corrected chi connectivity index (χ2v) is 11.4. The van der Waals surface area contributed by atoms with Crippen LogP contribution < -0.4 is 14.8 Å². The van der Waals surface area contributed by atoms with Gasteiger partial charge in [-0.15, -0.1) is 0 Å². The van der Waals surface area contributed by atoms with Crippen LogP contribution in [0.2, 0.25) is 0 Å². The average Bonchev–Trinajstić information content (AvgIpc) is 3.31. The van der Waals surface area contributed by atoms with Crippen LogP contribution in [-0.4, -0.2) is 46.3 Å². The highest BCUT2D eigenvalue weighted by atomic mass is 32.2. The molecule has 1 saturated heterocycles. The van der Waals surface area contributed by atoms with E-state index in [4.69, 9.17) is 9.47 Å². The van der Waals surface area contributed by atoms with E-state index in [0.717, 1.165) is 5.56 Å². The topological polar surface area (TPSA) is 116 Å². The van der Waals surface area contributed by atoms with Gasteiger partial charge in [0.15, 0.2) is 31.2 Å². The number of ether oxygens (including phenoxy) is 2. The number of fused-ring (bicyclic) bond motifs is 1. The molecule has 0 radical (unpaired) electrons. The fourth-order valence-electron chi connectivity index (χ4n) is 3.33. The van der Waals surface area contributed by atoms with Crippen LogP contribution in [0.3, 0.4) is 0 Å². The Balaban J connectivity index is 1.41. The summed E-state index contributed by atoms with van der Waals surface area (Å²) in [4.78, 5) is 12.4. The Bertz CT molecular complexity index is 1160. The molecular formula is C19H19NO7S2. The zero-order chi connectivity index (χ0) is 20.6. The van der Waals surface area contributed by atoms with E-state index in [0.29, 0.717) is 17.1 Å². The predicted molar refractivity (Wildman–Crippen MR) is 104 cm³/mol. The lowest BCUT2D eigenvalue weighted by Gasteiger charge is -2.11. The van der Waals surface area contributed by atoms with Crippen LogP contribution >= 0.6 is 0 Å². The van der Waals surface area contributed by atoms with E-state index in [9.17, 15) is 21.6 Å². The minimum atomic E-state index is -3.75. The smallest absolute Gasteiger partial charge is 0.251 e. The third kappa shape index (κ3) is 4.08. The summed E-state index contributed by atoms with van der Waals surface area (Å²) in [6.07, 6.45) is 0.0996. The van der Waals surface area contributed by atoms with Gasteiger partial charge in [0, 0.05) is 12.1 Å². The zero-order valence-electron chi connectivity index (χ0n) is 15.3. The number of amides is 1. The fraction of sp³-hybridized carbons (Fsp3) is 0.316. The van der Waals surface area contributed by atoms with Gasteiger partial charge in [-0.2, -0.15) is 0 Å². The summed E-state index contributed by atoms with van der Waals surface area (Å²) < 4.78 is 58.9. The van der Waals surface area contributed by atoms with Crippen molar-refractivity contribution >= 4 is 25.6 Å². The van der Waals surface area contributed by atoms with Crippen molar-refractivity contribution in [2.75, 3.05) is 18.3 Å². The lowest BCUT2D eigenvalue weighted by atomic mass is 10.2. The summed E-state index contributed by atoms with van der Waals surface area (Å²) >= 11 is 0. The van der Waals surface area contributed by atoms with E-state index in [-0.39, 0.29) is 42.1 Å². The number of rotatable bonds is 5. The van der Waals surface area contributed by atoms with Gasteiger partial charge in [0.1, 0.15) is 0 Å². The Labute approximate surface area is 168 Å². The molecule has 10 heteroatoms. The molecular weight excluding hydrogens is 418 g/mol. The third-order valence-electron chi connectivity index (χ3n) is 4.96. The number of hydrogen-bond acceptors (Lipinski definition) is 7. The van der Waals surface area contributed by atoms with Crippen molar-refractivity contribution in [2.24, 2.45) is 0 Å². The van der Waals surface area contributed by atoms with Crippen LogP contribution in [0.1, 0.15) is 22.3 Å². The Kier molecular flexibility index (Phi) is 4.99. The molecule has 0 aromatic heterocycles. The molecule has 0 aliphatic carbocycles. The molecule has 0 bridgehead atoms. The molecule has 2 aromatic rings. The molecule has 8 nitrogen and oxygen atoms in total. The summed E-state index contributed by atoms with van der Waals surface area (Å²) in [6, 6.07) is 10.9. The Morgan fingerprint density at radius 3 is 2.48 bits per heavy atom. The van der Waals surface area contributed by atoms with Crippen LogP contribution in [0.15, 0.2) is 47.4 Å². The molecule has 154 valence electrons. The number of benzene rings is 2. The molecule has 0 unspecified atom stereocenters. The summed E-state index contributed by atoms with van der Waals surface area (Å²) in [5.74, 6) is 0.465. The second kappa shape index (κ2) is 7.34. The van der Waals surface area contributed by atoms with Crippen molar-refractivity contribution in [3.8, 4) is 11.5 Å². The van der Waals surface area contributed by atoms with Gasteiger partial charge in [-0.05, 0) is 48.4 Å². The standard InChI is InChI=1S/C19H19NO7S2/c21-19(20-10-13-1-6-17-18(9-13)27-12-26-17)14-2-4-15(5-3-14)29(24,25)16-7-8-28(22,23)11-16/h1-6,9,16H,7-8,10-12H2,(H,20,21)/t16-/m1/s1. The molecule has 1 amide bonds. The third-order valence-corrected chi connectivity index (χ3v) is 9.15. The Hall–Kier alpha value is -2.59. The molecule has 4 rings (SSSR count). The first-order valence-electron chi connectivity index (χ1n) is 8.96. The van der Waals surface area contributed by atoms with Crippen molar-refractivity contribution in [1.29, 1.82) is 0 Å². The van der Waals surface area contributed by atoms with E-state index in [1.165, 1.54) is 24.3 Å². The van der Waals surface area contributed by atoms with Crippen LogP contribution in [0.5, 0.6) is 11.5 Å². The lowest BCUT2D eigenvalue weighted by molar-refractivity contribution is 0.0950. The quantitative estimate of drug-likeness (QED) is 0.750. The number of sulfone groups is 2. The largest absolute Gasteiger partial charge is 0.454 e. The van der Waals surface area contributed by atoms with E-state index in [1.807, 2.05) is 6.07 Å². The predicted octanol–water partition coefficient (Wildman–Crippen LogP) is 1.31. The van der Waals surface area contributed by atoms with E-state index in [2.05, 4.69) is 5.32 Å². The van der Waals surface area contributed by atoms with Crippen molar-refractivity contribution in [3.63, 3.8) is 0 Å². The van der Waals surface area contributed by atoms with E-state index >= 15 is 0 Å². The van der Waals surface area contributed by atoms with Crippen LogP contribution in [0.4, 0.5) is 0 Å². The van der Waals surface area contributed by atoms with E-state index in [1.54, 1.807) is 12.1 Å². The molecule has 2 aromatic carbocycles. The summed E-state index contributed by atoms with van der Waals surface area (Å²) in [5.41, 5.74) is 1.15. The number of nitrogens with one attached hydrogen (secondary N) is 1. The van der Waals surface area contributed by atoms with Crippen LogP contribution in [0.25, 0.3) is 0 Å². The maximum Gasteiger partial charge on any atom is 0.251 e. The minimum absolute atomic E-state index is 0.0203. The normalized spacial score (nSPS) is 19.8. The van der Waals surface area contributed by atoms with Crippen LogP contribution in [-0.2, 0) is 26.2 Å². The molecule has 1 N–H and O–H groups in total. The van der Waals surface area contributed by atoms with E-state index < -0.39 is 24.9 Å². The first kappa shape index (κ1) is 19.7. The number of carbonyl (C=O) groups excluding carboxylic acids is 1. The molecule has 1 fully saturated rings. The average molecular weight is 437 g/mol. The van der Waals surface area contributed by atoms with Gasteiger partial charge >= 0.3 is 0 Å². The maximum atomic E-state index is 12.6. The fourth-order valence-corrected chi connectivity index (χ4v) is 7.69. The Morgan fingerprint density at radius 1 is 1.07 bits per heavy atom. The zero-order valence-corrected chi connectivity index (χ0v) is 17.0. The summed E-state index contributed by atoms with van der Waals surface area (Å²) in [7, 11) is -7.06. The minimum Gasteiger partial charge on any atom is -0.454 e. The SMILES string of the molecule is O=C(NCc1ccc2c(c1)OCO2)c1ccc(S(=O)(=O)[C@@H]2CCS(=O)(=O)C2)cc1. The first-order chi connectivity index (χ1) is 13.7. The Morgan fingerprint density at radius 2 is 1.79 bits per heavy atom. The van der Waals surface area contributed by atoms with Gasteiger partial charge in [0.2, 0.25) is 6.79 Å². The first-order valence-corrected chi connectivity index (χ1v) is 12.3. The molecule has 0 spiro atoms. The van der Waals surface area contributed by atoms with Crippen molar-refractivity contribution in [3.05, 3.63) is 53.6 Å². The number of carbonyl (C=O) groups is 1. The molecule has 2 aliphatic heterocycles. The van der Waals surface area contributed by atoms with Gasteiger partial charge in [-0.3, -0.25) is 4.79 Å². The van der Waals surface area contributed by atoms with Gasteiger partial charge in [-0.1, -0.05) is 6.07 Å². The van der Waals surface area contributed by atoms with Gasteiger partial charge in [-0.25, -0.2) is 16.8 Å². The van der Waals surface area contributed by atoms with Gasteiger partial charge < -0.3 is 14.8 Å². The van der Waals surface area contributed by atoms with Crippen molar-refractivity contribution in [2.45, 2.75) is 23.1 Å². The highest BCUT2D eigenvalue weighted by molar-refractivity contribution is 7.96. The van der Waals surface area contributed by atoms with Gasteiger partial charge in [0.25, 0.3) is 5.91 Å². The molecule has 1 atom stereocenters. The lowest BCUT2D eigenvalue weighted by Crippen LogP contribution is -2.24. The van der Waals surface area contributed by atoms with Crippen molar-refractivity contribution < 1.29 is 31.1 Å². The molecule has 29 heavy (non-hydrogen) atoms. The molecule has 2 heterocycles. The molecule has 0 saturated carbocycles. The molecule has 2 aliphatic rings. The van der Waals surface area contributed by atoms with Crippen molar-refractivity contribution in [1.82, 2.24) is 5.32 Å². The number of hydrogen-bond donors (Lipinski definition) is 1. The van der Waals surface area contributed by atoms with Gasteiger partial charge in [0.05, 0.1) is 21.7 Å². The highest BCUT2D eigenvalue weighted by Crippen LogP contribution is 2.32. The summed E-state index contributed by atoms with van der Waals surface area (Å²) in [5, 5.41) is 1.83. The monoisotopic (exact) mass is 437 g/mol.